The molecule has 2 aliphatic rings. The Bertz CT molecular complexity index is 862. The first-order chi connectivity index (χ1) is 15.6. The number of benzene rings is 2. The van der Waals surface area contributed by atoms with Crippen LogP contribution in [-0.2, 0) is 9.47 Å². The maximum Gasteiger partial charge on any atom is 0.304 e. The molecule has 0 saturated carbocycles. The van der Waals surface area contributed by atoms with E-state index in [1.165, 1.54) is 12.1 Å². The van der Waals surface area contributed by atoms with Crippen LogP contribution < -0.4 is 20.3 Å². The first kappa shape index (κ1) is 22.0. The van der Waals surface area contributed by atoms with Crippen molar-refractivity contribution >= 4 is 23.6 Å². The third kappa shape index (κ3) is 6.65. The molecule has 170 valence electrons. The normalized spacial score (nSPS) is 19.4. The minimum Gasteiger partial charge on any atom is -0.494 e. The van der Waals surface area contributed by atoms with Gasteiger partial charge in [-0.25, -0.2) is 25.2 Å². The lowest BCUT2D eigenvalue weighted by Gasteiger charge is -2.07. The zero-order chi connectivity index (χ0) is 22.2. The second kappa shape index (κ2) is 10.9. The van der Waals surface area contributed by atoms with Gasteiger partial charge in [0.2, 0.25) is 0 Å². The van der Waals surface area contributed by atoms with Gasteiger partial charge in [0.05, 0.1) is 25.3 Å². The van der Waals surface area contributed by atoms with E-state index in [9.17, 15) is 4.39 Å². The summed E-state index contributed by atoms with van der Waals surface area (Å²) in [5.41, 5.74) is 5.75. The maximum atomic E-state index is 12.9. The zero-order valence-electron chi connectivity index (χ0n) is 17.3. The molecule has 0 amide bonds. The van der Waals surface area contributed by atoms with Gasteiger partial charge in [0.15, 0.2) is 0 Å². The maximum absolute atomic E-state index is 12.9. The molecule has 0 aliphatic carbocycles. The first-order valence-corrected chi connectivity index (χ1v) is 10.7. The average Bonchev–Trinajstić information content (AvgIpc) is 3.44. The van der Waals surface area contributed by atoms with Crippen molar-refractivity contribution in [1.29, 1.82) is 0 Å². The number of hydrogen-bond acceptors (Lipinski definition) is 8. The SMILES string of the molecule is Fc1ccc(OCCC2COC(NNC3=NC(CCOc4ccc(Cl)cc4)CO3)=N2)cc1. The molecule has 8 nitrogen and oxygen atoms in total. The summed E-state index contributed by atoms with van der Waals surface area (Å²) in [6.07, 6.45) is 1.40. The van der Waals surface area contributed by atoms with Crippen molar-refractivity contribution in [2.45, 2.75) is 24.9 Å². The predicted molar refractivity (Wildman–Crippen MR) is 119 cm³/mol. The second-order valence-electron chi connectivity index (χ2n) is 7.23. The average molecular weight is 463 g/mol. The summed E-state index contributed by atoms with van der Waals surface area (Å²) in [4.78, 5) is 8.91. The van der Waals surface area contributed by atoms with Crippen molar-refractivity contribution in [1.82, 2.24) is 10.9 Å². The van der Waals surface area contributed by atoms with E-state index in [0.29, 0.717) is 55.7 Å². The number of ether oxygens (including phenoxy) is 4. The Morgan fingerprint density at radius 3 is 1.78 bits per heavy atom. The first-order valence-electron chi connectivity index (χ1n) is 10.3. The van der Waals surface area contributed by atoms with Crippen LogP contribution in [0.3, 0.4) is 0 Å². The Hall–Kier alpha value is -3.20. The molecule has 4 rings (SSSR count). The van der Waals surface area contributed by atoms with Crippen molar-refractivity contribution in [3.8, 4) is 11.5 Å². The topological polar surface area (TPSA) is 85.7 Å². The van der Waals surface area contributed by atoms with E-state index in [2.05, 4.69) is 20.8 Å². The molecule has 10 heteroatoms. The van der Waals surface area contributed by atoms with Crippen LogP contribution in [-0.4, -0.2) is 50.6 Å². The van der Waals surface area contributed by atoms with Crippen molar-refractivity contribution in [3.63, 3.8) is 0 Å². The van der Waals surface area contributed by atoms with Gasteiger partial charge in [0, 0.05) is 17.9 Å². The summed E-state index contributed by atoms with van der Waals surface area (Å²) in [6, 6.07) is 13.9. The number of hydrogen-bond donors (Lipinski definition) is 2. The molecule has 2 unspecified atom stereocenters. The highest BCUT2D eigenvalue weighted by Crippen LogP contribution is 2.17. The molecule has 0 fully saturated rings. The van der Waals surface area contributed by atoms with E-state index in [1.54, 1.807) is 24.3 Å². The molecule has 0 spiro atoms. The number of aliphatic imine (C=N–C) groups is 2. The molecule has 0 radical (unpaired) electrons. The molecule has 0 aromatic heterocycles. The molecule has 0 saturated heterocycles. The minimum absolute atomic E-state index is 0.00870. The van der Waals surface area contributed by atoms with Gasteiger partial charge in [-0.2, -0.15) is 0 Å². The van der Waals surface area contributed by atoms with E-state index >= 15 is 0 Å². The van der Waals surface area contributed by atoms with Crippen LogP contribution in [0.25, 0.3) is 0 Å². The van der Waals surface area contributed by atoms with E-state index in [1.807, 2.05) is 12.1 Å². The summed E-state index contributed by atoms with van der Waals surface area (Å²) in [5.74, 6) is 1.10. The number of nitrogens with one attached hydrogen (secondary N) is 2. The van der Waals surface area contributed by atoms with Gasteiger partial charge in [-0.1, -0.05) is 11.6 Å². The second-order valence-corrected chi connectivity index (χ2v) is 7.67. The standard InChI is InChI=1S/C22H24ClFN4O4/c23-15-1-5-19(6-2-15)29-11-9-17-13-31-21(25-17)27-28-22-26-18(14-32-22)10-12-30-20-7-3-16(24)4-8-20/h1-8,17-18H,9-14H2,(H,25,27)(H,26,28). The smallest absolute Gasteiger partial charge is 0.304 e. The van der Waals surface area contributed by atoms with E-state index in [-0.39, 0.29) is 17.9 Å². The lowest BCUT2D eigenvalue weighted by molar-refractivity contribution is 0.254. The Kier molecular flexibility index (Phi) is 7.50. The lowest BCUT2D eigenvalue weighted by atomic mass is 10.2. The molecule has 2 heterocycles. The monoisotopic (exact) mass is 462 g/mol. The van der Waals surface area contributed by atoms with Crippen LogP contribution in [0.1, 0.15) is 12.8 Å². The molecule has 2 aromatic carbocycles. The van der Waals surface area contributed by atoms with Crippen molar-refractivity contribution in [2.24, 2.45) is 9.98 Å². The fraction of sp³-hybridized carbons (Fsp3) is 0.364. The summed E-state index contributed by atoms with van der Waals surface area (Å²) in [6.45, 7) is 1.91. The minimum atomic E-state index is -0.289. The van der Waals surface area contributed by atoms with Gasteiger partial charge in [-0.05, 0) is 48.5 Å². The molecule has 0 bridgehead atoms. The highest BCUT2D eigenvalue weighted by atomic mass is 35.5. The lowest BCUT2D eigenvalue weighted by Crippen LogP contribution is -2.41. The molecule has 32 heavy (non-hydrogen) atoms. The molecule has 2 aromatic rings. The number of hydrazine groups is 1. The number of halogens is 2. The van der Waals surface area contributed by atoms with Gasteiger partial charge in [-0.15, -0.1) is 0 Å². The van der Waals surface area contributed by atoms with Gasteiger partial charge in [-0.3, -0.25) is 0 Å². The zero-order valence-corrected chi connectivity index (χ0v) is 18.1. The summed E-state index contributed by atoms with van der Waals surface area (Å²) in [7, 11) is 0. The van der Waals surface area contributed by atoms with Crippen LogP contribution in [0.2, 0.25) is 5.02 Å². The number of rotatable bonds is 8. The Balaban J connectivity index is 1.12. The van der Waals surface area contributed by atoms with Crippen LogP contribution in [0.4, 0.5) is 4.39 Å². The Morgan fingerprint density at radius 1 is 0.812 bits per heavy atom. The third-order valence-electron chi connectivity index (χ3n) is 4.77. The summed E-state index contributed by atoms with van der Waals surface area (Å²) < 4.78 is 35.3. The largest absolute Gasteiger partial charge is 0.494 e. The number of amidine groups is 2. The van der Waals surface area contributed by atoms with Crippen LogP contribution in [0.15, 0.2) is 58.5 Å². The quantitative estimate of drug-likeness (QED) is 0.585. The van der Waals surface area contributed by atoms with Crippen LogP contribution in [0, 0.1) is 5.82 Å². The van der Waals surface area contributed by atoms with Crippen molar-refractivity contribution < 1.29 is 23.3 Å². The third-order valence-corrected chi connectivity index (χ3v) is 5.02. The van der Waals surface area contributed by atoms with Gasteiger partial charge in [0.1, 0.15) is 30.5 Å². The van der Waals surface area contributed by atoms with E-state index < -0.39 is 0 Å². The highest BCUT2D eigenvalue weighted by molar-refractivity contribution is 6.30. The van der Waals surface area contributed by atoms with Crippen molar-refractivity contribution in [2.75, 3.05) is 26.4 Å². The highest BCUT2D eigenvalue weighted by Gasteiger charge is 2.22. The molecule has 2 atom stereocenters. The molecule has 2 aliphatic heterocycles. The predicted octanol–water partition coefficient (Wildman–Crippen LogP) is 3.32. The van der Waals surface area contributed by atoms with Gasteiger partial charge >= 0.3 is 12.0 Å². The molecule has 2 N–H and O–H groups in total. The fourth-order valence-electron chi connectivity index (χ4n) is 3.06. The summed E-state index contributed by atoms with van der Waals surface area (Å²) in [5, 5.41) is 0.676. The van der Waals surface area contributed by atoms with Crippen LogP contribution in [0.5, 0.6) is 11.5 Å². The molecular weight excluding hydrogens is 439 g/mol. The van der Waals surface area contributed by atoms with E-state index in [0.717, 1.165) is 12.2 Å². The van der Waals surface area contributed by atoms with Gasteiger partial charge < -0.3 is 18.9 Å². The van der Waals surface area contributed by atoms with Crippen LogP contribution >= 0.6 is 11.6 Å². The number of nitrogens with zero attached hydrogens (tertiary/aromatic N) is 2. The molecular formula is C22H24ClFN4O4. The Morgan fingerprint density at radius 2 is 1.28 bits per heavy atom. The van der Waals surface area contributed by atoms with E-state index in [4.69, 9.17) is 30.5 Å². The fourth-order valence-corrected chi connectivity index (χ4v) is 3.18. The summed E-state index contributed by atoms with van der Waals surface area (Å²) >= 11 is 5.86. The van der Waals surface area contributed by atoms with Crippen molar-refractivity contribution in [3.05, 3.63) is 59.4 Å². The van der Waals surface area contributed by atoms with Gasteiger partial charge in [0.25, 0.3) is 0 Å². The Labute approximate surface area is 190 Å².